The lowest BCUT2D eigenvalue weighted by Gasteiger charge is -2.00. The molecule has 0 unspecified atom stereocenters. The Bertz CT molecular complexity index is 760. The summed E-state index contributed by atoms with van der Waals surface area (Å²) in [6.07, 6.45) is 0.647. The van der Waals surface area contributed by atoms with E-state index in [4.69, 9.17) is 4.42 Å². The fraction of sp³-hybridized carbons (Fsp3) is 0.118. The molecule has 1 N–H and O–H groups in total. The van der Waals surface area contributed by atoms with Crippen LogP contribution in [-0.2, 0) is 6.42 Å². The van der Waals surface area contributed by atoms with Gasteiger partial charge < -0.3 is 4.42 Å². The van der Waals surface area contributed by atoms with E-state index in [-0.39, 0.29) is 11.9 Å². The van der Waals surface area contributed by atoms with Crippen molar-refractivity contribution in [1.82, 2.24) is 10.2 Å². The minimum absolute atomic E-state index is 0.124. The quantitative estimate of drug-likeness (QED) is 0.701. The second kappa shape index (κ2) is 7.60. The van der Waals surface area contributed by atoms with Gasteiger partial charge in [0, 0.05) is 22.6 Å². The van der Waals surface area contributed by atoms with Crippen molar-refractivity contribution < 1.29 is 9.21 Å². The zero-order valence-electron chi connectivity index (χ0n) is 12.3. The van der Waals surface area contributed by atoms with Crippen molar-refractivity contribution in [2.24, 2.45) is 0 Å². The largest absolute Gasteiger partial charge is 0.408 e. The molecule has 0 aliphatic carbocycles. The summed E-state index contributed by atoms with van der Waals surface area (Å²) >= 11 is 1.72. The summed E-state index contributed by atoms with van der Waals surface area (Å²) in [6, 6.07) is 19.1. The summed E-state index contributed by atoms with van der Waals surface area (Å²) in [5.41, 5.74) is 0.548. The summed E-state index contributed by atoms with van der Waals surface area (Å²) in [4.78, 5) is 13.2. The lowest BCUT2D eigenvalue weighted by molar-refractivity contribution is 0.102. The third-order valence-corrected chi connectivity index (χ3v) is 4.06. The van der Waals surface area contributed by atoms with Crippen molar-refractivity contribution in [3.05, 3.63) is 72.1 Å². The number of carbonyl (C=O) groups is 1. The van der Waals surface area contributed by atoms with E-state index in [2.05, 4.69) is 27.6 Å². The predicted molar refractivity (Wildman–Crippen MR) is 89.6 cm³/mol. The summed E-state index contributed by atoms with van der Waals surface area (Å²) < 4.78 is 5.45. The monoisotopic (exact) mass is 325 g/mol. The maximum absolute atomic E-state index is 12.0. The van der Waals surface area contributed by atoms with Gasteiger partial charge in [-0.2, -0.15) is 0 Å². The Morgan fingerprint density at radius 1 is 1.00 bits per heavy atom. The van der Waals surface area contributed by atoms with Crippen molar-refractivity contribution in [2.75, 3.05) is 11.1 Å². The number of nitrogens with zero attached hydrogens (tertiary/aromatic N) is 2. The first-order chi connectivity index (χ1) is 11.3. The summed E-state index contributed by atoms with van der Waals surface area (Å²) in [5.74, 6) is 1.08. The Hall–Kier alpha value is -2.60. The standard InChI is InChI=1S/C17H15N3O2S/c21-16(13-7-3-1-4-8-13)18-17-20-19-15(22-17)11-12-23-14-9-5-2-6-10-14/h1-10H,11-12H2,(H,18,20,21). The van der Waals surface area contributed by atoms with Gasteiger partial charge in [0.25, 0.3) is 5.91 Å². The van der Waals surface area contributed by atoms with Crippen molar-refractivity contribution in [3.8, 4) is 0 Å². The molecule has 6 heteroatoms. The first kappa shape index (κ1) is 15.3. The molecule has 0 radical (unpaired) electrons. The van der Waals surface area contributed by atoms with E-state index in [1.165, 1.54) is 4.90 Å². The van der Waals surface area contributed by atoms with Gasteiger partial charge in [0.05, 0.1) is 0 Å². The topological polar surface area (TPSA) is 68.0 Å². The Balaban J connectivity index is 1.51. The number of anilines is 1. The predicted octanol–water partition coefficient (Wildman–Crippen LogP) is 3.66. The number of rotatable bonds is 6. The summed E-state index contributed by atoms with van der Waals surface area (Å²) in [7, 11) is 0. The Morgan fingerprint density at radius 2 is 1.70 bits per heavy atom. The van der Waals surface area contributed by atoms with Crippen LogP contribution in [0.25, 0.3) is 0 Å². The first-order valence-corrected chi connectivity index (χ1v) is 8.16. The lowest BCUT2D eigenvalue weighted by atomic mass is 10.2. The van der Waals surface area contributed by atoms with E-state index in [0.717, 1.165) is 5.75 Å². The van der Waals surface area contributed by atoms with Gasteiger partial charge >= 0.3 is 6.01 Å². The zero-order chi connectivity index (χ0) is 15.9. The van der Waals surface area contributed by atoms with Gasteiger partial charge in [0.1, 0.15) is 0 Å². The van der Waals surface area contributed by atoms with Gasteiger partial charge in [-0.1, -0.05) is 41.5 Å². The fourth-order valence-electron chi connectivity index (χ4n) is 1.94. The van der Waals surface area contributed by atoms with Crippen LogP contribution in [0.2, 0.25) is 0 Å². The molecule has 116 valence electrons. The van der Waals surface area contributed by atoms with Crippen LogP contribution < -0.4 is 5.32 Å². The van der Waals surface area contributed by atoms with E-state index in [1.54, 1.807) is 36.0 Å². The van der Waals surface area contributed by atoms with E-state index >= 15 is 0 Å². The lowest BCUT2D eigenvalue weighted by Crippen LogP contribution is -2.11. The molecule has 0 bridgehead atoms. The number of nitrogens with one attached hydrogen (secondary N) is 1. The second-order valence-corrected chi connectivity index (χ2v) is 5.90. The summed E-state index contributed by atoms with van der Waals surface area (Å²) in [6.45, 7) is 0. The highest BCUT2D eigenvalue weighted by Crippen LogP contribution is 2.18. The van der Waals surface area contributed by atoms with Crippen LogP contribution in [0, 0.1) is 0 Å². The number of hydrogen-bond acceptors (Lipinski definition) is 5. The van der Waals surface area contributed by atoms with Gasteiger partial charge in [0.2, 0.25) is 5.89 Å². The van der Waals surface area contributed by atoms with Gasteiger partial charge in [-0.15, -0.1) is 16.9 Å². The smallest absolute Gasteiger partial charge is 0.322 e. The van der Waals surface area contributed by atoms with E-state index in [9.17, 15) is 4.79 Å². The maximum Gasteiger partial charge on any atom is 0.322 e. The van der Waals surface area contributed by atoms with Crippen LogP contribution >= 0.6 is 11.8 Å². The minimum Gasteiger partial charge on any atom is -0.408 e. The zero-order valence-corrected chi connectivity index (χ0v) is 13.1. The second-order valence-electron chi connectivity index (χ2n) is 4.73. The SMILES string of the molecule is O=C(Nc1nnc(CCSc2ccccc2)o1)c1ccccc1. The molecule has 23 heavy (non-hydrogen) atoms. The normalized spacial score (nSPS) is 10.4. The highest BCUT2D eigenvalue weighted by molar-refractivity contribution is 7.99. The molecule has 0 saturated heterocycles. The van der Waals surface area contributed by atoms with E-state index < -0.39 is 0 Å². The molecule has 1 amide bonds. The number of aryl methyl sites for hydroxylation is 1. The van der Waals surface area contributed by atoms with E-state index in [0.29, 0.717) is 17.9 Å². The molecule has 0 aliphatic heterocycles. The molecule has 1 aromatic heterocycles. The molecule has 0 fully saturated rings. The average Bonchev–Trinajstić information content (AvgIpc) is 3.04. The van der Waals surface area contributed by atoms with Crippen LogP contribution in [0.5, 0.6) is 0 Å². The fourth-order valence-corrected chi connectivity index (χ4v) is 2.80. The molecular formula is C17H15N3O2S. The van der Waals surface area contributed by atoms with Gasteiger partial charge in [0.15, 0.2) is 0 Å². The van der Waals surface area contributed by atoms with Crippen molar-refractivity contribution in [3.63, 3.8) is 0 Å². The Morgan fingerprint density at radius 3 is 2.43 bits per heavy atom. The third-order valence-electron chi connectivity index (χ3n) is 3.05. The van der Waals surface area contributed by atoms with E-state index in [1.807, 2.05) is 24.3 Å². The number of amides is 1. The third kappa shape index (κ3) is 4.43. The summed E-state index contributed by atoms with van der Waals surface area (Å²) in [5, 5.41) is 10.4. The van der Waals surface area contributed by atoms with Crippen molar-refractivity contribution in [2.45, 2.75) is 11.3 Å². The number of thioether (sulfide) groups is 1. The Labute approximate surface area is 138 Å². The highest BCUT2D eigenvalue weighted by Gasteiger charge is 2.11. The molecular weight excluding hydrogens is 310 g/mol. The average molecular weight is 325 g/mol. The first-order valence-electron chi connectivity index (χ1n) is 7.18. The minimum atomic E-state index is -0.264. The molecule has 0 atom stereocenters. The molecule has 3 aromatic rings. The van der Waals surface area contributed by atoms with Crippen LogP contribution in [0.1, 0.15) is 16.2 Å². The van der Waals surface area contributed by atoms with Gasteiger partial charge in [-0.05, 0) is 24.3 Å². The maximum atomic E-state index is 12.0. The molecule has 3 rings (SSSR count). The number of aromatic nitrogens is 2. The van der Waals surface area contributed by atoms with Crippen LogP contribution in [-0.4, -0.2) is 21.9 Å². The molecule has 5 nitrogen and oxygen atoms in total. The highest BCUT2D eigenvalue weighted by atomic mass is 32.2. The van der Waals surface area contributed by atoms with Crippen LogP contribution in [0.4, 0.5) is 6.01 Å². The molecule has 0 aliphatic rings. The molecule has 2 aromatic carbocycles. The molecule has 0 saturated carbocycles. The van der Waals surface area contributed by atoms with Gasteiger partial charge in [-0.25, -0.2) is 0 Å². The molecule has 0 spiro atoms. The van der Waals surface area contributed by atoms with Crippen molar-refractivity contribution in [1.29, 1.82) is 0 Å². The molecule has 1 heterocycles. The van der Waals surface area contributed by atoms with Gasteiger partial charge in [-0.3, -0.25) is 10.1 Å². The van der Waals surface area contributed by atoms with Crippen LogP contribution in [0.3, 0.4) is 0 Å². The van der Waals surface area contributed by atoms with Crippen molar-refractivity contribution >= 4 is 23.7 Å². The number of carbonyl (C=O) groups excluding carboxylic acids is 1. The number of benzene rings is 2. The number of hydrogen-bond donors (Lipinski definition) is 1. The Kier molecular flexibility index (Phi) is 5.06. The van der Waals surface area contributed by atoms with Crippen LogP contribution in [0.15, 0.2) is 70.0 Å².